The number of carbonyl (C=O) groups is 2. The van der Waals surface area contributed by atoms with Crippen molar-refractivity contribution in [2.24, 2.45) is 0 Å². The number of aliphatic hydroxyl groups excluding tert-OH is 17. The Morgan fingerprint density at radius 1 is 0.379 bits per heavy atom. The van der Waals surface area contributed by atoms with Gasteiger partial charge in [-0.3, -0.25) is 18.6 Å². The van der Waals surface area contributed by atoms with Crippen molar-refractivity contribution in [3.63, 3.8) is 0 Å². The Bertz CT molecular complexity index is 2350. The molecule has 0 bridgehead atoms. The molecule has 18 N–H and O–H groups in total. The second kappa shape index (κ2) is 49.1. The summed E-state index contributed by atoms with van der Waals surface area (Å²) >= 11 is 0. The summed E-state index contributed by atoms with van der Waals surface area (Å²) in [6.07, 6.45) is -22.0. The minimum absolute atomic E-state index is 0.00217. The molecule has 1 aliphatic carbocycles. The molecule has 0 radical (unpaired) electrons. The van der Waals surface area contributed by atoms with Crippen molar-refractivity contribution < 1.29 is 162 Å². The zero-order chi connectivity index (χ0) is 75.6. The fraction of sp³-hybridized carbons (Fsp3) is 0.942. The number of hydrogen-bond donors (Lipinski definition) is 18. The smallest absolute Gasteiger partial charge is 0.462 e. The minimum Gasteiger partial charge on any atom is -0.462 e. The van der Waals surface area contributed by atoms with Crippen LogP contribution in [0.2, 0.25) is 0 Å². The van der Waals surface area contributed by atoms with E-state index in [1.165, 1.54) is 89.9 Å². The number of hydrogen-bond acceptors (Lipinski definition) is 32. The third kappa shape index (κ3) is 30.2. The highest BCUT2D eigenvalue weighted by Gasteiger charge is 2.59. The Labute approximate surface area is 603 Å². The topological polar surface area (TPSA) is 526 Å². The molecule has 5 aliphatic rings. The zero-order valence-electron chi connectivity index (χ0n) is 59.8. The Kier molecular flexibility index (Phi) is 43.6. The van der Waals surface area contributed by atoms with Gasteiger partial charge in [0.15, 0.2) is 31.3 Å². The van der Waals surface area contributed by atoms with Crippen molar-refractivity contribution in [1.29, 1.82) is 0 Å². The first-order valence-electron chi connectivity index (χ1n) is 37.5. The van der Waals surface area contributed by atoms with E-state index < -0.39 is 225 Å². The van der Waals surface area contributed by atoms with Gasteiger partial charge in [0.25, 0.3) is 0 Å². The standard InChI is InChI=1S/C69H125O33P/c1-3-5-7-9-11-13-15-17-19-21-23-25-27-29-31-33-46(72)91-37-41(95-47(73)34-32-30-28-26-24-22-20-18-16-14-12-10-8-6-4-2)38-94-103(89,90)102-65-63(100-68-61(87)53(79)49(75)43(36-71)97-68)57(83)56(82)58(84)64(65)101-69-62(88)55(81)51(77)45(99-69)40-93-67-60(86)54(80)50(76)44(98-67)39-92-66-59(85)52(78)48(74)42(35-70)96-66/h18,20,41-45,48-71,74-88H,3-17,19,21-40H2,1-2H3,(H,89,90)/b20-18-/t41-,42?,43?,44?,45?,48+,49-,50+,51+,52?,53?,54?,55?,56+,57?,58?,59+,60+,61-,62+,63-,64?,65+,66-,67-,68-,69+/m1/s1. The van der Waals surface area contributed by atoms with Crippen LogP contribution in [0.5, 0.6) is 0 Å². The molecular formula is C69H125O33P. The number of esters is 2. The Morgan fingerprint density at radius 2 is 0.699 bits per heavy atom. The Morgan fingerprint density at radius 3 is 1.10 bits per heavy atom. The first kappa shape index (κ1) is 91.4. The van der Waals surface area contributed by atoms with Gasteiger partial charge in [0, 0.05) is 12.8 Å². The summed E-state index contributed by atoms with van der Waals surface area (Å²) in [6, 6.07) is 0. The normalized spacial score (nSPS) is 36.0. The van der Waals surface area contributed by atoms with Crippen molar-refractivity contribution in [2.75, 3.05) is 39.6 Å². The lowest BCUT2D eigenvalue weighted by Gasteiger charge is -2.49. The number of rotatable bonds is 51. The first-order valence-corrected chi connectivity index (χ1v) is 39.0. The van der Waals surface area contributed by atoms with Crippen LogP contribution < -0.4 is 0 Å². The van der Waals surface area contributed by atoms with Crippen LogP contribution in [0.4, 0.5) is 0 Å². The van der Waals surface area contributed by atoms with Gasteiger partial charge in [-0.2, -0.15) is 0 Å². The van der Waals surface area contributed by atoms with E-state index in [9.17, 15) is 106 Å². The van der Waals surface area contributed by atoms with Crippen LogP contribution in [-0.2, 0) is 70.6 Å². The third-order valence-corrected chi connectivity index (χ3v) is 20.5. The largest absolute Gasteiger partial charge is 0.472 e. The fourth-order valence-corrected chi connectivity index (χ4v) is 14.0. The molecule has 4 saturated heterocycles. The molecule has 1 saturated carbocycles. The van der Waals surface area contributed by atoms with Crippen molar-refractivity contribution in [2.45, 2.75) is 372 Å². The summed E-state index contributed by atoms with van der Waals surface area (Å²) in [6.45, 7) is -0.902. The van der Waals surface area contributed by atoms with E-state index in [0.29, 0.717) is 19.3 Å². The number of allylic oxidation sites excluding steroid dienone is 2. The average Bonchev–Trinajstić information content (AvgIpc) is 0.761. The van der Waals surface area contributed by atoms with E-state index in [1.54, 1.807) is 0 Å². The van der Waals surface area contributed by atoms with Crippen LogP contribution in [0.3, 0.4) is 0 Å². The van der Waals surface area contributed by atoms with E-state index in [-0.39, 0.29) is 12.8 Å². The van der Waals surface area contributed by atoms with Gasteiger partial charge < -0.3 is 139 Å². The molecule has 103 heavy (non-hydrogen) atoms. The van der Waals surface area contributed by atoms with E-state index in [1.807, 2.05) is 0 Å². The predicted octanol–water partition coefficient (Wildman–Crippen LogP) is 0.358. The molecule has 5 rings (SSSR count). The maximum absolute atomic E-state index is 14.4. The van der Waals surface area contributed by atoms with Crippen LogP contribution in [-0.4, -0.2) is 309 Å². The third-order valence-electron chi connectivity index (χ3n) is 19.5. The van der Waals surface area contributed by atoms with Gasteiger partial charge >= 0.3 is 19.8 Å². The number of phosphoric acid groups is 1. The number of carbonyl (C=O) groups excluding carboxylic acids is 2. The van der Waals surface area contributed by atoms with E-state index in [2.05, 4.69) is 26.0 Å². The van der Waals surface area contributed by atoms with Gasteiger partial charge in [-0.05, 0) is 38.5 Å². The molecule has 28 atom stereocenters. The summed E-state index contributed by atoms with van der Waals surface area (Å²) in [7, 11) is -5.82. The van der Waals surface area contributed by atoms with Crippen LogP contribution in [0.1, 0.15) is 206 Å². The van der Waals surface area contributed by atoms with Crippen LogP contribution in [0, 0.1) is 0 Å². The minimum atomic E-state index is -5.82. The van der Waals surface area contributed by atoms with Crippen molar-refractivity contribution in [3.8, 4) is 0 Å². The molecule has 34 heteroatoms. The van der Waals surface area contributed by atoms with Gasteiger partial charge in [-0.1, -0.05) is 167 Å². The van der Waals surface area contributed by atoms with Crippen molar-refractivity contribution in [1.82, 2.24) is 0 Å². The maximum Gasteiger partial charge on any atom is 0.472 e. The highest BCUT2D eigenvalue weighted by atomic mass is 31.2. The highest BCUT2D eigenvalue weighted by Crippen LogP contribution is 2.49. The summed E-state index contributed by atoms with van der Waals surface area (Å²) in [5, 5.41) is 184. The molecule has 12 unspecified atom stereocenters. The number of aliphatic hydroxyl groups is 17. The number of phosphoric ester groups is 1. The SMILES string of the molecule is CCCCCCCC/C=C\CCCCCCCC(=O)O[C@H](COC(=O)CCCCCCCCCCCCCCCCC)COP(=O)(O)O[C@@H]1C(O[C@@H]2OC(CO[C@@H]3OC(CO[C@@H]4OC(CO)[C@H](O)C(O)[C@@H]4O)[C@H](O)C(O)[C@@H]3O)[C@H](O)C(O)[C@@H]2O)C(O)[C@@H](O)C(O)[C@H]1O[C@H]1OC(CO)[C@@H](O)C(O)[C@H]1O. The molecule has 0 amide bonds. The van der Waals surface area contributed by atoms with Gasteiger partial charge in [-0.15, -0.1) is 0 Å². The number of ether oxygens (including phenoxy) is 10. The summed E-state index contributed by atoms with van der Waals surface area (Å²) in [4.78, 5) is 38.2. The van der Waals surface area contributed by atoms with Gasteiger partial charge in [0.05, 0.1) is 33.0 Å². The summed E-state index contributed by atoms with van der Waals surface area (Å²) in [5.41, 5.74) is 0. The maximum atomic E-state index is 14.4. The second-order valence-electron chi connectivity index (χ2n) is 27.9. The Balaban J connectivity index is 1.28. The van der Waals surface area contributed by atoms with E-state index in [4.69, 9.17) is 56.4 Å². The lowest BCUT2D eigenvalue weighted by molar-refractivity contribution is -0.365. The molecule has 604 valence electrons. The summed E-state index contributed by atoms with van der Waals surface area (Å²) in [5.74, 6) is -1.45. The lowest BCUT2D eigenvalue weighted by atomic mass is 9.84. The van der Waals surface area contributed by atoms with E-state index in [0.717, 1.165) is 70.6 Å². The molecule has 0 aromatic rings. The molecule has 33 nitrogen and oxygen atoms in total. The van der Waals surface area contributed by atoms with Crippen LogP contribution in [0.25, 0.3) is 0 Å². The van der Waals surface area contributed by atoms with Gasteiger partial charge in [0.2, 0.25) is 0 Å². The highest BCUT2D eigenvalue weighted by molar-refractivity contribution is 7.47. The molecule has 0 aromatic carbocycles. The molecular weight excluding hydrogens is 1390 g/mol. The summed E-state index contributed by atoms with van der Waals surface area (Å²) < 4.78 is 81.5. The van der Waals surface area contributed by atoms with Crippen molar-refractivity contribution in [3.05, 3.63) is 12.2 Å². The quantitative estimate of drug-likeness (QED) is 0.0169. The van der Waals surface area contributed by atoms with Crippen LogP contribution >= 0.6 is 7.82 Å². The fourth-order valence-electron chi connectivity index (χ4n) is 13.0. The Hall–Kier alpha value is -2.21. The molecule has 4 aliphatic heterocycles. The molecule has 0 spiro atoms. The first-order chi connectivity index (χ1) is 49.3. The van der Waals surface area contributed by atoms with Crippen LogP contribution in [0.15, 0.2) is 12.2 Å². The lowest BCUT2D eigenvalue weighted by Crippen LogP contribution is -2.69. The zero-order valence-corrected chi connectivity index (χ0v) is 60.7. The van der Waals surface area contributed by atoms with Gasteiger partial charge in [-0.25, -0.2) is 4.57 Å². The predicted molar refractivity (Wildman–Crippen MR) is 361 cm³/mol. The molecule has 5 fully saturated rings. The van der Waals surface area contributed by atoms with Gasteiger partial charge in [0.1, 0.15) is 141 Å². The second-order valence-corrected chi connectivity index (χ2v) is 29.3. The molecule has 4 heterocycles. The average molecular weight is 1510 g/mol. The molecule has 0 aromatic heterocycles. The van der Waals surface area contributed by atoms with E-state index >= 15 is 0 Å². The van der Waals surface area contributed by atoms with Crippen molar-refractivity contribution >= 4 is 19.8 Å². The monoisotopic (exact) mass is 1510 g/mol. The number of unbranched alkanes of at least 4 members (excludes halogenated alkanes) is 25.